The third-order valence-electron chi connectivity index (χ3n) is 4.89. The average molecular weight is 463 g/mol. The molecule has 0 atom stereocenters. The Balaban J connectivity index is 1.50. The van der Waals surface area contributed by atoms with Crippen LogP contribution in [0.2, 0.25) is 0 Å². The lowest BCUT2D eigenvalue weighted by Crippen LogP contribution is -2.13. The van der Waals surface area contributed by atoms with Crippen molar-refractivity contribution in [3.8, 4) is 6.07 Å². The van der Waals surface area contributed by atoms with Gasteiger partial charge < -0.3 is 0 Å². The van der Waals surface area contributed by atoms with Crippen LogP contribution in [-0.4, -0.2) is 10.9 Å². The van der Waals surface area contributed by atoms with Crippen molar-refractivity contribution in [3.05, 3.63) is 100 Å². The van der Waals surface area contributed by atoms with Gasteiger partial charge in [-0.05, 0) is 34.0 Å². The highest BCUT2D eigenvalue weighted by Gasteiger charge is 2.30. The van der Waals surface area contributed by atoms with Crippen LogP contribution >= 0.6 is 11.3 Å². The van der Waals surface area contributed by atoms with Crippen molar-refractivity contribution >= 4 is 39.2 Å². The van der Waals surface area contributed by atoms with E-state index in [1.54, 1.807) is 6.07 Å². The summed E-state index contributed by atoms with van der Waals surface area (Å²) in [5.41, 5.74) is 0.431. The maximum Gasteiger partial charge on any atom is 0.416 e. The Kier molecular flexibility index (Phi) is 6.24. The van der Waals surface area contributed by atoms with Crippen LogP contribution in [0.5, 0.6) is 0 Å². The summed E-state index contributed by atoms with van der Waals surface area (Å²) < 4.78 is 38.8. The molecule has 4 nitrogen and oxygen atoms in total. The fraction of sp³-hybridized carbons (Fsp3) is 0.0800. The van der Waals surface area contributed by atoms with Gasteiger partial charge in [-0.2, -0.15) is 18.4 Å². The van der Waals surface area contributed by atoms with E-state index in [2.05, 4.69) is 10.3 Å². The Labute approximate surface area is 191 Å². The van der Waals surface area contributed by atoms with Crippen molar-refractivity contribution < 1.29 is 18.0 Å². The summed E-state index contributed by atoms with van der Waals surface area (Å²) in [6.45, 7) is 0. The van der Waals surface area contributed by atoms with E-state index >= 15 is 0 Å². The standard InChI is InChI=1S/C25H16F3N3OS/c26-25(27,28)20-9-3-5-16(11-20)12-21-15-30-24(33-21)31-23(32)19(14-29)13-18-8-4-7-17-6-1-2-10-22(17)18/h1-11,13,15H,12H2,(H,30,31,32)/b19-13+. The molecule has 0 bridgehead atoms. The third-order valence-corrected chi connectivity index (χ3v) is 5.81. The number of aromatic nitrogens is 1. The molecule has 0 radical (unpaired) electrons. The number of fused-ring (bicyclic) bond motifs is 1. The molecule has 8 heteroatoms. The Bertz CT molecular complexity index is 1390. The first kappa shape index (κ1) is 22.2. The number of nitrogens with one attached hydrogen (secondary N) is 1. The number of nitrogens with zero attached hydrogens (tertiary/aromatic N) is 2. The Morgan fingerprint density at radius 2 is 1.85 bits per heavy atom. The van der Waals surface area contributed by atoms with Crippen LogP contribution in [0.15, 0.2) is 78.5 Å². The minimum Gasteiger partial charge on any atom is -0.297 e. The van der Waals surface area contributed by atoms with Gasteiger partial charge in [0.25, 0.3) is 5.91 Å². The monoisotopic (exact) mass is 463 g/mol. The molecule has 1 amide bonds. The van der Waals surface area contributed by atoms with Crippen LogP contribution in [0.1, 0.15) is 21.6 Å². The minimum absolute atomic E-state index is 0.0824. The molecule has 33 heavy (non-hydrogen) atoms. The van der Waals surface area contributed by atoms with Gasteiger partial charge in [0.15, 0.2) is 5.13 Å². The lowest BCUT2D eigenvalue weighted by Gasteiger charge is -2.07. The normalized spacial score (nSPS) is 11.9. The first-order valence-electron chi connectivity index (χ1n) is 9.85. The van der Waals surface area contributed by atoms with Gasteiger partial charge in [0.2, 0.25) is 0 Å². The molecule has 1 aromatic heterocycles. The minimum atomic E-state index is -4.41. The summed E-state index contributed by atoms with van der Waals surface area (Å²) in [6, 6.07) is 20.3. The van der Waals surface area contributed by atoms with Crippen LogP contribution in [-0.2, 0) is 17.4 Å². The van der Waals surface area contributed by atoms with Crippen molar-refractivity contribution in [2.45, 2.75) is 12.6 Å². The summed E-state index contributed by atoms with van der Waals surface area (Å²) in [7, 11) is 0. The highest BCUT2D eigenvalue weighted by atomic mass is 32.1. The van der Waals surface area contributed by atoms with E-state index in [1.165, 1.54) is 18.3 Å². The summed E-state index contributed by atoms with van der Waals surface area (Å²) in [5, 5.41) is 14.3. The molecule has 4 rings (SSSR count). The molecule has 1 heterocycles. The molecule has 0 aliphatic heterocycles. The van der Waals surface area contributed by atoms with Crippen LogP contribution in [0.25, 0.3) is 16.8 Å². The summed E-state index contributed by atoms with van der Waals surface area (Å²) in [6.07, 6.45) is -1.14. The van der Waals surface area contributed by atoms with E-state index in [-0.39, 0.29) is 17.1 Å². The SMILES string of the molecule is N#C/C(=C\c1cccc2ccccc12)C(=O)Nc1ncc(Cc2cccc(C(F)(F)F)c2)s1. The number of halogens is 3. The molecule has 0 spiro atoms. The van der Waals surface area contributed by atoms with E-state index in [4.69, 9.17) is 0 Å². The third kappa shape index (κ3) is 5.27. The molecule has 0 saturated carbocycles. The summed E-state index contributed by atoms with van der Waals surface area (Å²) >= 11 is 1.15. The molecular formula is C25H16F3N3OS. The van der Waals surface area contributed by atoms with Crippen LogP contribution < -0.4 is 5.32 Å². The highest BCUT2D eigenvalue weighted by Crippen LogP contribution is 2.30. The first-order valence-corrected chi connectivity index (χ1v) is 10.7. The van der Waals surface area contributed by atoms with Crippen molar-refractivity contribution in [2.24, 2.45) is 0 Å². The fourth-order valence-electron chi connectivity index (χ4n) is 3.35. The van der Waals surface area contributed by atoms with Crippen molar-refractivity contribution in [1.82, 2.24) is 4.98 Å². The molecular weight excluding hydrogens is 447 g/mol. The van der Waals surface area contributed by atoms with Crippen LogP contribution in [0.4, 0.5) is 18.3 Å². The predicted octanol–water partition coefficient (Wildman–Crippen LogP) is 6.45. The molecule has 1 N–H and O–H groups in total. The lowest BCUT2D eigenvalue weighted by atomic mass is 10.0. The summed E-state index contributed by atoms with van der Waals surface area (Å²) in [5.74, 6) is -0.606. The number of hydrogen-bond acceptors (Lipinski definition) is 4. The number of hydrogen-bond donors (Lipinski definition) is 1. The predicted molar refractivity (Wildman–Crippen MR) is 123 cm³/mol. The molecule has 164 valence electrons. The largest absolute Gasteiger partial charge is 0.416 e. The number of carbonyl (C=O) groups excluding carboxylic acids is 1. The number of rotatable bonds is 5. The molecule has 0 saturated heterocycles. The molecule has 4 aromatic rings. The average Bonchev–Trinajstić information content (AvgIpc) is 3.23. The van der Waals surface area contributed by atoms with Crippen LogP contribution in [0, 0.1) is 11.3 Å². The van der Waals surface area contributed by atoms with Gasteiger partial charge in [-0.15, -0.1) is 11.3 Å². The number of alkyl halides is 3. The number of carbonyl (C=O) groups is 1. The highest BCUT2D eigenvalue weighted by molar-refractivity contribution is 7.15. The smallest absolute Gasteiger partial charge is 0.297 e. The van der Waals surface area contributed by atoms with Crippen molar-refractivity contribution in [2.75, 3.05) is 5.32 Å². The van der Waals surface area contributed by atoms with Gasteiger partial charge >= 0.3 is 6.18 Å². The Morgan fingerprint density at radius 3 is 2.64 bits per heavy atom. The second-order valence-corrected chi connectivity index (χ2v) is 8.31. The van der Waals surface area contributed by atoms with E-state index < -0.39 is 17.6 Å². The number of anilines is 1. The Hall–Kier alpha value is -3.96. The zero-order valence-electron chi connectivity index (χ0n) is 17.1. The number of thiazole rings is 1. The lowest BCUT2D eigenvalue weighted by molar-refractivity contribution is -0.137. The Morgan fingerprint density at radius 1 is 1.09 bits per heavy atom. The zero-order valence-corrected chi connectivity index (χ0v) is 17.9. The number of nitriles is 1. The van der Waals surface area contributed by atoms with Gasteiger partial charge in [-0.1, -0.05) is 60.7 Å². The second kappa shape index (κ2) is 9.27. The first-order chi connectivity index (χ1) is 15.8. The van der Waals surface area contributed by atoms with Gasteiger partial charge in [0.05, 0.1) is 5.56 Å². The maximum atomic E-state index is 12.9. The molecule has 0 aliphatic rings. The maximum absolute atomic E-state index is 12.9. The van der Waals surface area contributed by atoms with Gasteiger partial charge in [0.1, 0.15) is 11.6 Å². The topological polar surface area (TPSA) is 65.8 Å². The van der Waals surface area contributed by atoms with Gasteiger partial charge in [-0.3, -0.25) is 10.1 Å². The zero-order chi connectivity index (χ0) is 23.4. The molecule has 0 fully saturated rings. The van der Waals surface area contributed by atoms with E-state index in [9.17, 15) is 23.2 Å². The van der Waals surface area contributed by atoms with Crippen LogP contribution in [0.3, 0.4) is 0 Å². The second-order valence-electron chi connectivity index (χ2n) is 7.20. The van der Waals surface area contributed by atoms with Crippen molar-refractivity contribution in [3.63, 3.8) is 0 Å². The van der Waals surface area contributed by atoms with E-state index in [1.807, 2.05) is 48.5 Å². The molecule has 0 unspecified atom stereocenters. The van der Waals surface area contributed by atoms with Gasteiger partial charge in [0, 0.05) is 17.5 Å². The fourth-order valence-corrected chi connectivity index (χ4v) is 4.19. The van der Waals surface area contributed by atoms with E-state index in [0.717, 1.165) is 39.8 Å². The molecule has 0 aliphatic carbocycles. The van der Waals surface area contributed by atoms with Gasteiger partial charge in [-0.25, -0.2) is 4.98 Å². The number of amides is 1. The summed E-state index contributed by atoms with van der Waals surface area (Å²) in [4.78, 5) is 17.5. The van der Waals surface area contributed by atoms with E-state index in [0.29, 0.717) is 10.4 Å². The molecule has 3 aromatic carbocycles. The quantitative estimate of drug-likeness (QED) is 0.273. The van der Waals surface area contributed by atoms with Crippen molar-refractivity contribution in [1.29, 1.82) is 5.26 Å². The number of benzene rings is 3.